The lowest BCUT2D eigenvalue weighted by Crippen LogP contribution is -2.09. The first-order valence-electron chi connectivity index (χ1n) is 6.88. The summed E-state index contributed by atoms with van der Waals surface area (Å²) in [6.45, 7) is 2.92. The van der Waals surface area contributed by atoms with E-state index in [4.69, 9.17) is 23.2 Å². The number of thiophene rings is 1. The normalized spacial score (nSPS) is 16.6. The van der Waals surface area contributed by atoms with Gasteiger partial charge in [-0.1, -0.05) is 30.1 Å². The number of rotatable bonds is 1. The van der Waals surface area contributed by atoms with Crippen molar-refractivity contribution in [1.82, 2.24) is 14.8 Å². The van der Waals surface area contributed by atoms with Gasteiger partial charge in [-0.3, -0.25) is 4.57 Å². The van der Waals surface area contributed by atoms with Crippen molar-refractivity contribution in [2.24, 2.45) is 0 Å². The van der Waals surface area contributed by atoms with Gasteiger partial charge in [-0.2, -0.15) is 0 Å². The summed E-state index contributed by atoms with van der Waals surface area (Å²) in [6.07, 6.45) is 0. The van der Waals surface area contributed by atoms with E-state index in [1.807, 2.05) is 30.3 Å². The number of nitrogens with zero attached hydrogens (tertiary/aromatic N) is 3. The molecular formula is C15H12Cl2N4S. The summed E-state index contributed by atoms with van der Waals surface area (Å²) in [5.74, 6) is 1.99. The Morgan fingerprint density at radius 1 is 1.23 bits per heavy atom. The van der Waals surface area contributed by atoms with Crippen molar-refractivity contribution in [2.75, 3.05) is 11.9 Å². The average Bonchev–Trinajstić information content (AvgIpc) is 3.08. The minimum absolute atomic E-state index is 0.239. The van der Waals surface area contributed by atoms with Crippen LogP contribution in [0.1, 0.15) is 18.7 Å². The van der Waals surface area contributed by atoms with E-state index in [1.54, 1.807) is 0 Å². The van der Waals surface area contributed by atoms with Crippen molar-refractivity contribution >= 4 is 40.2 Å². The number of aromatic nitrogens is 3. The Labute approximate surface area is 141 Å². The molecular weight excluding hydrogens is 339 g/mol. The van der Waals surface area contributed by atoms with E-state index in [9.17, 15) is 0 Å². The number of hydrogen-bond acceptors (Lipinski definition) is 4. The molecule has 7 heteroatoms. The molecule has 4 nitrogen and oxygen atoms in total. The maximum absolute atomic E-state index is 6.13. The van der Waals surface area contributed by atoms with Gasteiger partial charge in [-0.15, -0.1) is 21.5 Å². The number of benzene rings is 1. The third-order valence-electron chi connectivity index (χ3n) is 3.72. The highest BCUT2D eigenvalue weighted by Crippen LogP contribution is 2.37. The van der Waals surface area contributed by atoms with E-state index in [0.717, 1.165) is 38.8 Å². The van der Waals surface area contributed by atoms with Crippen molar-refractivity contribution in [3.05, 3.63) is 45.5 Å². The predicted molar refractivity (Wildman–Crippen MR) is 91.6 cm³/mol. The van der Waals surface area contributed by atoms with Crippen molar-refractivity contribution in [3.63, 3.8) is 0 Å². The molecule has 1 aliphatic heterocycles. The minimum atomic E-state index is 0.239. The largest absolute Gasteiger partial charge is 0.383 e. The Balaban J connectivity index is 1.99. The topological polar surface area (TPSA) is 42.7 Å². The molecule has 1 N–H and O–H groups in total. The zero-order valence-corrected chi connectivity index (χ0v) is 14.0. The summed E-state index contributed by atoms with van der Waals surface area (Å²) in [7, 11) is 0. The van der Waals surface area contributed by atoms with Crippen LogP contribution in [0.25, 0.3) is 16.4 Å². The molecule has 0 fully saturated rings. The number of halogens is 2. The monoisotopic (exact) mass is 350 g/mol. The van der Waals surface area contributed by atoms with Crippen molar-refractivity contribution in [3.8, 4) is 16.4 Å². The van der Waals surface area contributed by atoms with Crippen LogP contribution in [0, 0.1) is 0 Å². The zero-order valence-electron chi connectivity index (χ0n) is 11.7. The van der Waals surface area contributed by atoms with Gasteiger partial charge in [-0.05, 0) is 30.3 Å². The van der Waals surface area contributed by atoms with Crippen molar-refractivity contribution in [1.29, 1.82) is 0 Å². The van der Waals surface area contributed by atoms with Gasteiger partial charge in [0, 0.05) is 17.5 Å². The van der Waals surface area contributed by atoms with E-state index < -0.39 is 0 Å². The van der Waals surface area contributed by atoms with Gasteiger partial charge in [0.25, 0.3) is 0 Å². The van der Waals surface area contributed by atoms with E-state index in [1.165, 1.54) is 11.3 Å². The van der Waals surface area contributed by atoms with Crippen LogP contribution in [0.5, 0.6) is 0 Å². The molecule has 4 rings (SSSR count). The molecule has 0 aliphatic carbocycles. The standard InChI is InChI=1S/C15H12Cl2N4S/c1-8-7-18-10-6-9(16)2-3-11(10)21-14(8)19-20-15(21)12-4-5-13(17)22-12/h2-6,8,18H,7H2,1H3/t8-/m0/s1. The van der Waals surface area contributed by atoms with Gasteiger partial charge >= 0.3 is 0 Å². The second-order valence-electron chi connectivity index (χ2n) is 5.26. The van der Waals surface area contributed by atoms with Crippen molar-refractivity contribution in [2.45, 2.75) is 12.8 Å². The summed E-state index contributed by atoms with van der Waals surface area (Å²) in [4.78, 5) is 0.999. The molecule has 2 aromatic heterocycles. The fourth-order valence-corrected chi connectivity index (χ4v) is 3.84. The number of nitrogens with one attached hydrogen (secondary N) is 1. The van der Waals surface area contributed by atoms with E-state index in [0.29, 0.717) is 5.02 Å². The second kappa shape index (κ2) is 5.26. The molecule has 3 heterocycles. The van der Waals surface area contributed by atoms with Gasteiger partial charge < -0.3 is 5.32 Å². The molecule has 112 valence electrons. The van der Waals surface area contributed by atoms with E-state index in [-0.39, 0.29) is 5.92 Å². The highest BCUT2D eigenvalue weighted by molar-refractivity contribution is 7.19. The summed E-state index contributed by atoms with van der Waals surface area (Å²) in [6, 6.07) is 9.67. The Morgan fingerprint density at radius 3 is 2.86 bits per heavy atom. The van der Waals surface area contributed by atoms with Crippen LogP contribution in [0.3, 0.4) is 0 Å². The Bertz CT molecular complexity index is 855. The van der Waals surface area contributed by atoms with Crippen LogP contribution in [0.15, 0.2) is 30.3 Å². The first-order chi connectivity index (χ1) is 10.6. The highest BCUT2D eigenvalue weighted by Gasteiger charge is 2.25. The summed E-state index contributed by atoms with van der Waals surface area (Å²) >= 11 is 13.7. The zero-order chi connectivity index (χ0) is 15.3. The van der Waals surface area contributed by atoms with E-state index >= 15 is 0 Å². The molecule has 0 saturated heterocycles. The summed E-state index contributed by atoms with van der Waals surface area (Å²) in [5, 5.41) is 12.9. The number of anilines is 1. The number of hydrogen-bond donors (Lipinski definition) is 1. The molecule has 1 aromatic carbocycles. The Hall–Kier alpha value is -1.56. The Morgan fingerprint density at radius 2 is 2.09 bits per heavy atom. The lowest BCUT2D eigenvalue weighted by Gasteiger charge is -2.11. The Kier molecular flexibility index (Phi) is 3.36. The summed E-state index contributed by atoms with van der Waals surface area (Å²) in [5.41, 5.74) is 2.00. The smallest absolute Gasteiger partial charge is 0.178 e. The molecule has 22 heavy (non-hydrogen) atoms. The maximum Gasteiger partial charge on any atom is 0.178 e. The molecule has 0 radical (unpaired) electrons. The third kappa shape index (κ3) is 2.20. The molecule has 0 saturated carbocycles. The fraction of sp³-hybridized carbons (Fsp3) is 0.200. The second-order valence-corrected chi connectivity index (χ2v) is 7.42. The lowest BCUT2D eigenvalue weighted by molar-refractivity contribution is 0.725. The molecule has 0 unspecified atom stereocenters. The molecule has 0 amide bonds. The van der Waals surface area contributed by atoms with Crippen molar-refractivity contribution < 1.29 is 0 Å². The first-order valence-corrected chi connectivity index (χ1v) is 8.45. The highest BCUT2D eigenvalue weighted by atomic mass is 35.5. The average molecular weight is 351 g/mol. The molecule has 0 spiro atoms. The van der Waals surface area contributed by atoms with Crippen LogP contribution in [-0.2, 0) is 0 Å². The lowest BCUT2D eigenvalue weighted by atomic mass is 10.1. The van der Waals surface area contributed by atoms with Crippen LogP contribution in [0.2, 0.25) is 9.36 Å². The SMILES string of the molecule is C[C@H]1CNc2cc(Cl)ccc2-n2c(-c3ccc(Cl)s3)nnc21. The minimum Gasteiger partial charge on any atom is -0.383 e. The van der Waals surface area contributed by atoms with E-state index in [2.05, 4.69) is 27.0 Å². The van der Waals surface area contributed by atoms with Gasteiger partial charge in [0.1, 0.15) is 5.82 Å². The maximum atomic E-state index is 6.13. The van der Waals surface area contributed by atoms with Crippen LogP contribution in [-0.4, -0.2) is 21.3 Å². The van der Waals surface area contributed by atoms with Gasteiger partial charge in [0.05, 0.1) is 20.6 Å². The number of fused-ring (bicyclic) bond motifs is 3. The van der Waals surface area contributed by atoms with Gasteiger partial charge in [-0.25, -0.2) is 0 Å². The third-order valence-corrected chi connectivity index (χ3v) is 5.18. The van der Waals surface area contributed by atoms with Gasteiger partial charge in [0.15, 0.2) is 5.82 Å². The van der Waals surface area contributed by atoms with Crippen LogP contribution in [0.4, 0.5) is 5.69 Å². The van der Waals surface area contributed by atoms with Crippen LogP contribution < -0.4 is 5.32 Å². The molecule has 3 aromatic rings. The summed E-state index contributed by atoms with van der Waals surface area (Å²) < 4.78 is 2.84. The molecule has 0 bridgehead atoms. The van der Waals surface area contributed by atoms with Gasteiger partial charge in [0.2, 0.25) is 0 Å². The predicted octanol–water partition coefficient (Wildman–Crippen LogP) is 4.83. The fourth-order valence-electron chi connectivity index (χ4n) is 2.65. The quantitative estimate of drug-likeness (QED) is 0.683. The molecule has 1 atom stereocenters. The van der Waals surface area contributed by atoms with Crippen LogP contribution >= 0.6 is 34.5 Å². The first kappa shape index (κ1) is 14.1. The molecule has 1 aliphatic rings.